The maximum Gasteiger partial charge on any atom is 0.425 e. The van der Waals surface area contributed by atoms with Crippen molar-refractivity contribution in [2.24, 2.45) is 0 Å². The van der Waals surface area contributed by atoms with Crippen LogP contribution in [0.2, 0.25) is 0 Å². The minimum Gasteiger partial charge on any atom is -0.494 e. The van der Waals surface area contributed by atoms with Crippen LogP contribution in [-0.4, -0.2) is 30.8 Å². The molecule has 1 N–H and O–H groups in total. The number of rotatable bonds is 18. The maximum absolute atomic E-state index is 13.4. The zero-order valence-electron chi connectivity index (χ0n) is 25.8. The Labute approximate surface area is 259 Å². The third-order valence-electron chi connectivity index (χ3n) is 7.41. The number of hydrogen-bond donors (Lipinski definition) is 1. The third kappa shape index (κ3) is 11.7. The molecule has 0 spiro atoms. The first-order valence-corrected chi connectivity index (χ1v) is 15.7. The minimum absolute atomic E-state index is 0.0195. The first kappa shape index (κ1) is 34.7. The first-order chi connectivity index (χ1) is 21.2. The number of amides is 1. The van der Waals surface area contributed by atoms with Crippen LogP contribution >= 0.6 is 0 Å². The smallest absolute Gasteiger partial charge is 0.425 e. The van der Waals surface area contributed by atoms with Crippen molar-refractivity contribution in [3.05, 3.63) is 83.9 Å². The van der Waals surface area contributed by atoms with Gasteiger partial charge in [-0.05, 0) is 78.9 Å². The van der Waals surface area contributed by atoms with Gasteiger partial charge in [-0.25, -0.2) is 4.79 Å². The third-order valence-corrected chi connectivity index (χ3v) is 7.41. The Morgan fingerprint density at radius 1 is 0.682 bits per heavy atom. The number of alkyl halides is 3. The molecule has 0 aliphatic rings. The van der Waals surface area contributed by atoms with Crippen molar-refractivity contribution in [1.29, 1.82) is 0 Å². The van der Waals surface area contributed by atoms with Gasteiger partial charge in [-0.15, -0.1) is 0 Å². The molecule has 0 fully saturated rings. The number of hydrogen-bond acceptors (Lipinski definition) is 4. The van der Waals surface area contributed by atoms with Crippen LogP contribution in [0.15, 0.2) is 72.8 Å². The molecular weight excluding hydrogens is 567 g/mol. The molecule has 3 aromatic rings. The van der Waals surface area contributed by atoms with Crippen LogP contribution in [0.4, 0.5) is 18.9 Å². The van der Waals surface area contributed by atoms with Crippen molar-refractivity contribution in [1.82, 2.24) is 0 Å². The Morgan fingerprint density at radius 2 is 1.20 bits per heavy atom. The van der Waals surface area contributed by atoms with Crippen molar-refractivity contribution in [2.75, 3.05) is 11.9 Å². The highest BCUT2D eigenvalue weighted by molar-refractivity contribution is 6.04. The summed E-state index contributed by atoms with van der Waals surface area (Å²) < 4.78 is 50.8. The average Bonchev–Trinajstić information content (AvgIpc) is 3.02. The van der Waals surface area contributed by atoms with E-state index in [4.69, 9.17) is 9.47 Å². The molecular formula is C36H44F3NO4. The number of anilines is 1. The quantitative estimate of drug-likeness (QED) is 0.115. The molecule has 3 aromatic carbocycles. The molecule has 0 saturated heterocycles. The normalized spacial score (nSPS) is 12.0. The lowest BCUT2D eigenvalue weighted by molar-refractivity contribution is -0.206. The summed E-state index contributed by atoms with van der Waals surface area (Å²) in [6, 6.07) is 20.6. The number of nitrogens with one attached hydrogen (secondary N) is 1. The standard InChI is InChI=1S/C36H44F3NO4/c1-3-5-7-9-10-12-26-43-32-24-20-28(21-25-32)27-14-16-29(17-15-27)34(41)40-31-22-18-30(19-23-31)35(42)44-33(36(37,38)39)13-11-8-6-4-2/h14-25,33H,3-13,26H2,1-2H3,(H,40,41). The van der Waals surface area contributed by atoms with Crippen LogP contribution in [0, 0.1) is 0 Å². The molecule has 1 amide bonds. The highest BCUT2D eigenvalue weighted by atomic mass is 19.4. The molecule has 0 radical (unpaired) electrons. The Balaban J connectivity index is 1.49. The van der Waals surface area contributed by atoms with Gasteiger partial charge in [-0.2, -0.15) is 13.2 Å². The Kier molecular flexibility index (Phi) is 14.3. The van der Waals surface area contributed by atoms with E-state index in [0.717, 1.165) is 36.1 Å². The largest absolute Gasteiger partial charge is 0.494 e. The van der Waals surface area contributed by atoms with E-state index in [2.05, 4.69) is 12.2 Å². The van der Waals surface area contributed by atoms with Gasteiger partial charge in [0.05, 0.1) is 12.2 Å². The number of esters is 1. The summed E-state index contributed by atoms with van der Waals surface area (Å²) in [6.07, 6.45) is 2.98. The fraction of sp³-hybridized carbons (Fsp3) is 0.444. The van der Waals surface area contributed by atoms with E-state index in [1.165, 1.54) is 56.4 Å². The van der Waals surface area contributed by atoms with Crippen molar-refractivity contribution < 1.29 is 32.2 Å². The van der Waals surface area contributed by atoms with E-state index in [1.54, 1.807) is 12.1 Å². The van der Waals surface area contributed by atoms with Crippen LogP contribution < -0.4 is 10.1 Å². The molecule has 1 atom stereocenters. The SMILES string of the molecule is CCCCCCCCOc1ccc(-c2ccc(C(=O)Nc3ccc(C(=O)OC(CCCCCC)C(F)(F)F)cc3)cc2)cc1. The van der Waals surface area contributed by atoms with Crippen molar-refractivity contribution in [3.8, 4) is 16.9 Å². The summed E-state index contributed by atoms with van der Waals surface area (Å²) in [7, 11) is 0. The molecule has 1 unspecified atom stereocenters. The maximum atomic E-state index is 13.4. The lowest BCUT2D eigenvalue weighted by Crippen LogP contribution is -2.33. The van der Waals surface area contributed by atoms with E-state index < -0.39 is 18.2 Å². The van der Waals surface area contributed by atoms with Gasteiger partial charge in [0.25, 0.3) is 5.91 Å². The number of benzene rings is 3. The fourth-order valence-corrected chi connectivity index (χ4v) is 4.77. The van der Waals surface area contributed by atoms with Gasteiger partial charge in [-0.1, -0.05) is 89.5 Å². The molecule has 0 heterocycles. The summed E-state index contributed by atoms with van der Waals surface area (Å²) in [6.45, 7) is 4.89. The molecule has 5 nitrogen and oxygen atoms in total. The fourth-order valence-electron chi connectivity index (χ4n) is 4.77. The van der Waals surface area contributed by atoms with E-state index in [9.17, 15) is 22.8 Å². The Bertz CT molecular complexity index is 1270. The average molecular weight is 612 g/mol. The molecule has 0 aliphatic carbocycles. The summed E-state index contributed by atoms with van der Waals surface area (Å²) in [5.41, 5.74) is 2.77. The van der Waals surface area contributed by atoms with Gasteiger partial charge >= 0.3 is 12.1 Å². The zero-order chi connectivity index (χ0) is 31.8. The van der Waals surface area contributed by atoms with Gasteiger partial charge in [0, 0.05) is 11.3 Å². The number of ether oxygens (including phenoxy) is 2. The summed E-state index contributed by atoms with van der Waals surface area (Å²) in [5, 5.41) is 2.75. The second-order valence-corrected chi connectivity index (χ2v) is 11.0. The van der Waals surface area contributed by atoms with Crippen molar-refractivity contribution in [3.63, 3.8) is 0 Å². The number of carbonyl (C=O) groups excluding carboxylic acids is 2. The van der Waals surface area contributed by atoms with Gasteiger partial charge < -0.3 is 14.8 Å². The van der Waals surface area contributed by atoms with E-state index >= 15 is 0 Å². The second-order valence-electron chi connectivity index (χ2n) is 11.0. The molecule has 0 bridgehead atoms. The van der Waals surface area contributed by atoms with Gasteiger partial charge in [0.15, 0.2) is 6.10 Å². The molecule has 0 aliphatic heterocycles. The van der Waals surface area contributed by atoms with Crippen LogP contribution in [0.3, 0.4) is 0 Å². The summed E-state index contributed by atoms with van der Waals surface area (Å²) >= 11 is 0. The molecule has 238 valence electrons. The molecule has 44 heavy (non-hydrogen) atoms. The molecule has 8 heteroatoms. The van der Waals surface area contributed by atoms with Crippen LogP contribution in [0.1, 0.15) is 105 Å². The van der Waals surface area contributed by atoms with Crippen molar-refractivity contribution in [2.45, 2.75) is 96.8 Å². The number of carbonyl (C=O) groups is 2. The topological polar surface area (TPSA) is 64.6 Å². The summed E-state index contributed by atoms with van der Waals surface area (Å²) in [4.78, 5) is 25.2. The zero-order valence-corrected chi connectivity index (χ0v) is 25.8. The van der Waals surface area contributed by atoms with Gasteiger partial charge in [0.2, 0.25) is 0 Å². The highest BCUT2D eigenvalue weighted by Gasteiger charge is 2.42. The monoisotopic (exact) mass is 611 g/mol. The number of halogens is 3. The Hall–Kier alpha value is -3.81. The second kappa shape index (κ2) is 18.1. The lowest BCUT2D eigenvalue weighted by atomic mass is 10.0. The minimum atomic E-state index is -4.63. The summed E-state index contributed by atoms with van der Waals surface area (Å²) in [5.74, 6) is -0.566. The first-order valence-electron chi connectivity index (χ1n) is 15.7. The van der Waals surface area contributed by atoms with Gasteiger partial charge in [0.1, 0.15) is 5.75 Å². The lowest BCUT2D eigenvalue weighted by Gasteiger charge is -2.20. The van der Waals surface area contributed by atoms with E-state index in [-0.39, 0.29) is 17.9 Å². The van der Waals surface area contributed by atoms with Crippen LogP contribution in [0.25, 0.3) is 11.1 Å². The number of unbranched alkanes of at least 4 members (excludes halogenated alkanes) is 8. The van der Waals surface area contributed by atoms with Crippen LogP contribution in [-0.2, 0) is 4.74 Å². The molecule has 0 saturated carbocycles. The van der Waals surface area contributed by atoms with E-state index in [1.807, 2.05) is 43.3 Å². The van der Waals surface area contributed by atoms with Crippen LogP contribution in [0.5, 0.6) is 5.75 Å². The predicted octanol–water partition coefficient (Wildman–Crippen LogP) is 10.4. The van der Waals surface area contributed by atoms with Crippen molar-refractivity contribution >= 4 is 17.6 Å². The molecule has 0 aromatic heterocycles. The highest BCUT2D eigenvalue weighted by Crippen LogP contribution is 2.28. The molecule has 3 rings (SSSR count). The predicted molar refractivity (Wildman–Crippen MR) is 169 cm³/mol. The Morgan fingerprint density at radius 3 is 1.80 bits per heavy atom. The van der Waals surface area contributed by atoms with Gasteiger partial charge in [-0.3, -0.25) is 4.79 Å². The van der Waals surface area contributed by atoms with E-state index in [0.29, 0.717) is 30.7 Å².